The van der Waals surface area contributed by atoms with Gasteiger partial charge in [-0.2, -0.15) is 0 Å². The lowest BCUT2D eigenvalue weighted by Crippen LogP contribution is -2.24. The van der Waals surface area contributed by atoms with Gasteiger partial charge in [0.2, 0.25) is 0 Å². The van der Waals surface area contributed by atoms with Crippen LogP contribution in [0, 0.1) is 0 Å². The number of carboxylic acids is 1. The van der Waals surface area contributed by atoms with E-state index in [2.05, 4.69) is 12.2 Å². The van der Waals surface area contributed by atoms with Gasteiger partial charge in [0.25, 0.3) is 5.91 Å². The minimum atomic E-state index is -0.867. The van der Waals surface area contributed by atoms with Crippen LogP contribution in [0.5, 0.6) is 0 Å². The van der Waals surface area contributed by atoms with E-state index in [4.69, 9.17) is 0 Å². The summed E-state index contributed by atoms with van der Waals surface area (Å²) >= 11 is 0. The zero-order chi connectivity index (χ0) is 21.7. The molecule has 1 unspecified atom stereocenters. The maximum absolute atomic E-state index is 13.0. The number of nitrogens with zero attached hydrogens (tertiary/aromatic N) is 1. The molecule has 0 radical (unpaired) electrons. The van der Waals surface area contributed by atoms with Gasteiger partial charge in [-0.3, -0.25) is 9.59 Å². The highest BCUT2D eigenvalue weighted by atomic mass is 16.4. The number of hydrogen-bond acceptors (Lipinski definition) is 2. The Kier molecular flexibility index (Phi) is 6.68. The van der Waals surface area contributed by atoms with Gasteiger partial charge in [-0.05, 0) is 48.2 Å². The van der Waals surface area contributed by atoms with Crippen LogP contribution >= 0.6 is 0 Å². The number of carbonyl (C=O) groups is 2. The van der Waals surface area contributed by atoms with Crippen LogP contribution in [-0.2, 0) is 11.3 Å². The Morgan fingerprint density at radius 3 is 2.57 bits per heavy atom. The van der Waals surface area contributed by atoms with Gasteiger partial charge in [0.05, 0.1) is 18.2 Å². The van der Waals surface area contributed by atoms with Gasteiger partial charge >= 0.3 is 5.97 Å². The molecule has 1 atom stereocenters. The van der Waals surface area contributed by atoms with E-state index in [1.165, 1.54) is 0 Å². The summed E-state index contributed by atoms with van der Waals surface area (Å²) in [5, 5.41) is 9.42. The number of rotatable bonds is 4. The molecule has 2 aromatic carbocycles. The normalized spacial score (nSPS) is 15.6. The van der Waals surface area contributed by atoms with E-state index in [1.54, 1.807) is 11.8 Å². The van der Waals surface area contributed by atoms with Crippen LogP contribution in [-0.4, -0.2) is 17.0 Å². The topological polar surface area (TPSA) is 57.6 Å². The third-order valence-electron chi connectivity index (χ3n) is 5.30. The number of aliphatic carboxylic acids is 1. The fourth-order valence-electron chi connectivity index (χ4n) is 3.64. The van der Waals surface area contributed by atoms with Crippen molar-refractivity contribution in [3.8, 4) is 0 Å². The van der Waals surface area contributed by atoms with Crippen molar-refractivity contribution in [3.05, 3.63) is 95.1 Å². The molecule has 154 valence electrons. The number of fused-ring (bicyclic) bond motifs is 1. The largest absolute Gasteiger partial charge is 0.481 e. The summed E-state index contributed by atoms with van der Waals surface area (Å²) < 4.78 is 0. The summed E-state index contributed by atoms with van der Waals surface area (Å²) in [6.07, 6.45) is 11.0. The lowest BCUT2D eigenvalue weighted by molar-refractivity contribution is -0.138. The summed E-state index contributed by atoms with van der Waals surface area (Å²) in [7, 11) is 0. The molecule has 30 heavy (non-hydrogen) atoms. The smallest absolute Gasteiger partial charge is 0.310 e. The van der Waals surface area contributed by atoms with E-state index in [1.807, 2.05) is 74.5 Å². The monoisotopic (exact) mass is 401 g/mol. The van der Waals surface area contributed by atoms with Crippen LogP contribution < -0.4 is 4.90 Å². The lowest BCUT2D eigenvalue weighted by Gasteiger charge is -2.22. The first-order valence-electron chi connectivity index (χ1n) is 10.4. The molecule has 0 spiro atoms. The Balaban J connectivity index is 0.00000124. The highest BCUT2D eigenvalue weighted by Crippen LogP contribution is 2.36. The van der Waals surface area contributed by atoms with Crippen molar-refractivity contribution in [2.45, 2.75) is 39.7 Å². The van der Waals surface area contributed by atoms with Gasteiger partial charge in [0.1, 0.15) is 0 Å². The Bertz CT molecular complexity index is 1050. The van der Waals surface area contributed by atoms with Gasteiger partial charge < -0.3 is 10.0 Å². The van der Waals surface area contributed by atoms with Crippen molar-refractivity contribution < 1.29 is 14.7 Å². The molecule has 1 aliphatic carbocycles. The van der Waals surface area contributed by atoms with Crippen LogP contribution in [0.2, 0.25) is 0 Å². The second-order valence-corrected chi connectivity index (χ2v) is 7.07. The predicted molar refractivity (Wildman–Crippen MR) is 122 cm³/mol. The van der Waals surface area contributed by atoms with E-state index >= 15 is 0 Å². The molecule has 4 rings (SSSR count). The molecule has 2 aromatic rings. The highest BCUT2D eigenvalue weighted by molar-refractivity contribution is 6.11. The van der Waals surface area contributed by atoms with Crippen LogP contribution in [0.1, 0.15) is 60.2 Å². The van der Waals surface area contributed by atoms with E-state index in [-0.39, 0.29) is 5.91 Å². The quantitative estimate of drug-likeness (QED) is 0.687. The van der Waals surface area contributed by atoms with Gasteiger partial charge in [0, 0.05) is 11.1 Å². The van der Waals surface area contributed by atoms with Crippen LogP contribution in [0.3, 0.4) is 0 Å². The molecule has 2 aliphatic rings. The van der Waals surface area contributed by atoms with Crippen LogP contribution in [0.15, 0.2) is 72.8 Å². The molecule has 1 aliphatic heterocycles. The average molecular weight is 402 g/mol. The molecule has 1 heterocycles. The zero-order valence-electron chi connectivity index (χ0n) is 17.6. The van der Waals surface area contributed by atoms with Gasteiger partial charge in [0.15, 0.2) is 0 Å². The minimum Gasteiger partial charge on any atom is -0.481 e. The molecule has 1 N–H and O–H groups in total. The van der Waals surface area contributed by atoms with Gasteiger partial charge in [-0.25, -0.2) is 0 Å². The SMILES string of the molecule is CC.CC(C(=O)O)c1ccc(N2Cc3ccccc3C2=O)c(C2=CC=CCC=C2)c1. The summed E-state index contributed by atoms with van der Waals surface area (Å²) in [5.41, 5.74) is 5.08. The number of carbonyl (C=O) groups excluding carboxylic acids is 1. The Hall–Kier alpha value is -3.40. The first kappa shape index (κ1) is 21.3. The van der Waals surface area contributed by atoms with E-state index in [9.17, 15) is 14.7 Å². The summed E-state index contributed by atoms with van der Waals surface area (Å²) in [5.74, 6) is -1.51. The third kappa shape index (κ3) is 4.13. The van der Waals surface area contributed by atoms with Gasteiger partial charge in [-0.15, -0.1) is 0 Å². The number of hydrogen-bond donors (Lipinski definition) is 1. The number of allylic oxidation sites excluding steroid dienone is 6. The van der Waals surface area contributed by atoms with Crippen LogP contribution in [0.4, 0.5) is 5.69 Å². The molecule has 0 fully saturated rings. The van der Waals surface area contributed by atoms with Crippen molar-refractivity contribution in [2.75, 3.05) is 4.90 Å². The molecular formula is C26H27NO3. The third-order valence-corrected chi connectivity index (χ3v) is 5.30. The van der Waals surface area contributed by atoms with Crippen LogP contribution in [0.25, 0.3) is 5.57 Å². The van der Waals surface area contributed by atoms with E-state index in [0.29, 0.717) is 6.54 Å². The Labute approximate surface area is 177 Å². The molecule has 4 heteroatoms. The second-order valence-electron chi connectivity index (χ2n) is 7.07. The number of carboxylic acid groups (broad SMARTS) is 1. The minimum absolute atomic E-state index is 0.0235. The number of benzene rings is 2. The Morgan fingerprint density at radius 2 is 1.83 bits per heavy atom. The summed E-state index contributed by atoms with van der Waals surface area (Å²) in [6.45, 7) is 6.19. The van der Waals surface area contributed by atoms with Crippen molar-refractivity contribution in [1.29, 1.82) is 0 Å². The van der Waals surface area contributed by atoms with E-state index < -0.39 is 11.9 Å². The molecule has 4 nitrogen and oxygen atoms in total. The molecule has 0 saturated heterocycles. The van der Waals surface area contributed by atoms with Crippen molar-refractivity contribution >= 4 is 23.1 Å². The maximum atomic E-state index is 13.0. The number of anilines is 1. The number of amides is 1. The van der Waals surface area contributed by atoms with Crippen molar-refractivity contribution in [3.63, 3.8) is 0 Å². The Morgan fingerprint density at radius 1 is 1.07 bits per heavy atom. The van der Waals surface area contributed by atoms with E-state index in [0.717, 1.165) is 39.9 Å². The fraction of sp³-hybridized carbons (Fsp3) is 0.231. The molecule has 0 saturated carbocycles. The maximum Gasteiger partial charge on any atom is 0.310 e. The van der Waals surface area contributed by atoms with Crippen molar-refractivity contribution in [2.24, 2.45) is 0 Å². The first-order valence-corrected chi connectivity index (χ1v) is 10.4. The summed E-state index contributed by atoms with van der Waals surface area (Å²) in [6, 6.07) is 13.2. The second kappa shape index (κ2) is 9.40. The average Bonchev–Trinajstić information content (AvgIpc) is 2.95. The van der Waals surface area contributed by atoms with Crippen molar-refractivity contribution in [1.82, 2.24) is 0 Å². The fourth-order valence-corrected chi connectivity index (χ4v) is 3.64. The van der Waals surface area contributed by atoms with Gasteiger partial charge in [-0.1, -0.05) is 68.5 Å². The predicted octanol–water partition coefficient (Wildman–Crippen LogP) is 5.96. The summed E-state index contributed by atoms with van der Waals surface area (Å²) in [4.78, 5) is 26.3. The first-order chi connectivity index (χ1) is 14.6. The zero-order valence-corrected chi connectivity index (χ0v) is 17.6. The molecular weight excluding hydrogens is 374 g/mol. The molecule has 0 bridgehead atoms. The molecule has 0 aromatic heterocycles. The standard InChI is InChI=1S/C24H21NO3.C2H6/c1-16(24(27)28)18-12-13-22(21(14-18)17-8-4-2-3-5-9-17)25-15-19-10-6-7-11-20(19)23(25)26;1-2/h2,4-14,16H,3,15H2,1H3,(H,27,28);1-2H3. The lowest BCUT2D eigenvalue weighted by atomic mass is 9.94. The molecule has 1 amide bonds. The highest BCUT2D eigenvalue weighted by Gasteiger charge is 2.30.